The van der Waals surface area contributed by atoms with Crippen LogP contribution in [0, 0.1) is 0 Å². The topological polar surface area (TPSA) is 40.0 Å². The molecule has 0 amide bonds. The molecule has 10 heavy (non-hydrogen) atoms. The van der Waals surface area contributed by atoms with E-state index in [2.05, 4.69) is 0 Å². The lowest BCUT2D eigenvalue weighted by molar-refractivity contribution is -0.277. The molecule has 0 aliphatic heterocycles. The predicted octanol–water partition coefficient (Wildman–Crippen LogP) is 0.435. The van der Waals surface area contributed by atoms with Gasteiger partial charge in [-0.1, -0.05) is 0 Å². The molecule has 0 heterocycles. The summed E-state index contributed by atoms with van der Waals surface area (Å²) in [6.07, 6.45) is -5.95. The smallest absolute Gasteiger partial charge is 0.560 e. The van der Waals surface area contributed by atoms with Gasteiger partial charge in [-0.3, -0.25) is 0 Å². The number of hydrogen-bond donors (Lipinski definition) is 0. The Bertz CT molecular complexity index is 147. The first-order chi connectivity index (χ1) is 4.19. The summed E-state index contributed by atoms with van der Waals surface area (Å²) in [5, 5.41) is 5.53. The monoisotopic (exact) mass is 165 g/mol. The van der Waals surface area contributed by atoms with E-state index in [9.17, 15) is 26.7 Å². The Morgan fingerprint density at radius 2 is 1.40 bits per heavy atom. The van der Waals surface area contributed by atoms with E-state index < -0.39 is 18.1 Å². The van der Waals surface area contributed by atoms with Gasteiger partial charge >= 0.3 is 18.1 Å². The van der Waals surface area contributed by atoms with Crippen molar-refractivity contribution in [3.05, 3.63) is 0 Å². The van der Waals surface area contributed by atoms with Crippen molar-refractivity contribution < 1.29 is 31.9 Å². The number of rotatable bonds is 1. The fraction of sp³-hybridized carbons (Fsp3) is 0.667. The first kappa shape index (κ1) is 9.12. The zero-order chi connectivity index (χ0) is 8.58. The minimum Gasteiger partial charge on any atom is -0.560 e. The van der Waals surface area contributed by atoms with Gasteiger partial charge in [-0.05, 0) is 0 Å². The van der Waals surface area contributed by atoms with E-state index in [-0.39, 0.29) is 0 Å². The van der Waals surface area contributed by atoms with Crippen molar-refractivity contribution in [1.29, 1.82) is 0 Å². The van der Waals surface area contributed by atoms with E-state index in [1.54, 1.807) is 0 Å². The highest BCUT2D eigenvalue weighted by Crippen LogP contribution is 2.35. The maximum Gasteiger partial charge on any atom is 0.597 e. The fourth-order valence-corrected chi connectivity index (χ4v) is 0.129. The van der Waals surface area contributed by atoms with E-state index in [0.717, 1.165) is 0 Å². The lowest BCUT2D eigenvalue weighted by Crippen LogP contribution is -2.43. The Morgan fingerprint density at radius 3 is 1.40 bits per heavy atom. The lowest BCUT2D eigenvalue weighted by Gasteiger charge is -2.09. The molecule has 0 rings (SSSR count). The number of carbonyl (C=O) groups excluding carboxylic acids is 1. The van der Waals surface area contributed by atoms with Crippen LogP contribution in [0.4, 0.5) is 22.0 Å². The third-order valence-electron chi connectivity index (χ3n) is 0.641. The van der Waals surface area contributed by atoms with Crippen LogP contribution in [0.5, 0.6) is 0 Å². The Kier molecular flexibility index (Phi) is 1.88. The van der Waals surface area contributed by atoms with Crippen molar-refractivity contribution in [1.82, 2.24) is 0 Å². The second-order valence-corrected chi connectivity index (χ2v) is 1.40. The number of alkyl halides is 5. The SMILES string of the molecule is O=C([OH2+])C(F)(F)C(F)(F)F. The quantitative estimate of drug-likeness (QED) is 0.410. The van der Waals surface area contributed by atoms with Gasteiger partial charge in [0.05, 0.1) is 0 Å². The van der Waals surface area contributed by atoms with Crippen molar-refractivity contribution >= 4 is 5.97 Å². The van der Waals surface area contributed by atoms with Gasteiger partial charge in [-0.2, -0.15) is 22.0 Å². The number of hydrogen-bond acceptors (Lipinski definition) is 1. The largest absolute Gasteiger partial charge is 0.597 e. The van der Waals surface area contributed by atoms with Crippen LogP contribution in [0.15, 0.2) is 0 Å². The second-order valence-electron chi connectivity index (χ2n) is 1.40. The molecular formula is C3H2F5O2+. The summed E-state index contributed by atoms with van der Waals surface area (Å²) in [7, 11) is 0. The Balaban J connectivity index is 4.57. The van der Waals surface area contributed by atoms with Crippen LogP contribution in [0.25, 0.3) is 0 Å². The number of halogens is 5. The molecular weight excluding hydrogens is 163 g/mol. The summed E-state index contributed by atoms with van der Waals surface area (Å²) in [5.41, 5.74) is 0. The first-order valence-corrected chi connectivity index (χ1v) is 1.90. The molecule has 0 atom stereocenters. The Labute approximate surface area is 51.3 Å². The highest BCUT2D eigenvalue weighted by Gasteiger charge is 2.69. The van der Waals surface area contributed by atoms with Crippen LogP contribution >= 0.6 is 0 Å². The highest BCUT2D eigenvalue weighted by molar-refractivity contribution is 5.76. The molecule has 0 aromatic heterocycles. The van der Waals surface area contributed by atoms with Gasteiger partial charge in [-0.25, -0.2) is 0 Å². The molecule has 0 aromatic rings. The average molecular weight is 165 g/mol. The highest BCUT2D eigenvalue weighted by atomic mass is 19.4. The minimum atomic E-state index is -5.95. The summed E-state index contributed by atoms with van der Waals surface area (Å²) in [5.74, 6) is -8.48. The predicted molar refractivity (Wildman–Crippen MR) is 19.6 cm³/mol. The van der Waals surface area contributed by atoms with Crippen LogP contribution in [0.1, 0.15) is 0 Å². The van der Waals surface area contributed by atoms with Gasteiger partial charge in [0.15, 0.2) is 0 Å². The van der Waals surface area contributed by atoms with Gasteiger partial charge in [0.25, 0.3) is 0 Å². The van der Waals surface area contributed by atoms with Crippen LogP contribution < -0.4 is 0 Å². The normalized spacial score (nSPS) is 13.3. The standard InChI is InChI=1S/C3HF5O2/c4-2(5,1(9)10)3(6,7)8/h(H,9,10)/p+1. The molecule has 0 aromatic carbocycles. The lowest BCUT2D eigenvalue weighted by atomic mass is 10.3. The number of carbonyl (C=O) groups is 1. The van der Waals surface area contributed by atoms with Crippen molar-refractivity contribution in [3.63, 3.8) is 0 Å². The zero-order valence-corrected chi connectivity index (χ0v) is 4.30. The van der Waals surface area contributed by atoms with Gasteiger partial charge in [0.1, 0.15) is 0 Å². The molecule has 2 nitrogen and oxygen atoms in total. The molecule has 0 aliphatic rings. The van der Waals surface area contributed by atoms with E-state index in [0.29, 0.717) is 0 Å². The average Bonchev–Trinajstić information content (AvgIpc) is 1.62. The molecule has 0 unspecified atom stereocenters. The molecule has 60 valence electrons. The van der Waals surface area contributed by atoms with Crippen LogP contribution in [0.2, 0.25) is 0 Å². The van der Waals surface area contributed by atoms with E-state index in [1.165, 1.54) is 0 Å². The second kappa shape index (κ2) is 2.06. The van der Waals surface area contributed by atoms with E-state index >= 15 is 0 Å². The van der Waals surface area contributed by atoms with Gasteiger partial charge in [0, 0.05) is 4.79 Å². The Morgan fingerprint density at radius 1 is 1.10 bits per heavy atom. The maximum atomic E-state index is 11.4. The first-order valence-electron chi connectivity index (χ1n) is 1.90. The summed E-state index contributed by atoms with van der Waals surface area (Å²) in [6, 6.07) is 0. The molecule has 0 saturated carbocycles. The maximum absolute atomic E-state index is 11.4. The Hall–Kier alpha value is -0.880. The molecule has 2 N–H and O–H groups in total. The summed E-state index contributed by atoms with van der Waals surface area (Å²) < 4.78 is 55.8. The van der Waals surface area contributed by atoms with E-state index in [1.807, 2.05) is 0 Å². The van der Waals surface area contributed by atoms with Crippen molar-refractivity contribution in [2.45, 2.75) is 12.1 Å². The summed E-state index contributed by atoms with van der Waals surface area (Å²) in [6.45, 7) is 0. The third-order valence-corrected chi connectivity index (χ3v) is 0.641. The van der Waals surface area contributed by atoms with Crippen LogP contribution in [0.3, 0.4) is 0 Å². The molecule has 0 spiro atoms. The minimum absolute atomic E-state index is 2.94. The molecule has 7 heteroatoms. The van der Waals surface area contributed by atoms with E-state index in [4.69, 9.17) is 5.11 Å². The third kappa shape index (κ3) is 1.34. The molecule has 0 radical (unpaired) electrons. The van der Waals surface area contributed by atoms with Gasteiger partial charge in [0.2, 0.25) is 0 Å². The van der Waals surface area contributed by atoms with Gasteiger partial charge in [-0.15, -0.1) is 0 Å². The summed E-state index contributed by atoms with van der Waals surface area (Å²) >= 11 is 0. The molecule has 0 saturated heterocycles. The van der Waals surface area contributed by atoms with Crippen molar-refractivity contribution in [3.8, 4) is 0 Å². The van der Waals surface area contributed by atoms with Crippen LogP contribution in [-0.4, -0.2) is 23.2 Å². The molecule has 0 fully saturated rings. The van der Waals surface area contributed by atoms with Gasteiger partial charge < -0.3 is 5.11 Å². The molecule has 0 aliphatic carbocycles. The fourth-order valence-electron chi connectivity index (χ4n) is 0.129. The van der Waals surface area contributed by atoms with Crippen molar-refractivity contribution in [2.24, 2.45) is 0 Å². The molecule has 0 bridgehead atoms. The van der Waals surface area contributed by atoms with Crippen LogP contribution in [-0.2, 0) is 4.79 Å². The summed E-state index contributed by atoms with van der Waals surface area (Å²) in [4.78, 5) is 9.31. The zero-order valence-electron chi connectivity index (χ0n) is 4.30. The van der Waals surface area contributed by atoms with Crippen molar-refractivity contribution in [2.75, 3.05) is 0 Å².